The standard InChI is InChI=1S/C32H61BN6O5/c1-8-9-10-11-12-13-14-15-16-17-35-25(19-23(4)36-30(34)38-39(41)42)29(40)37-28(18-22(2)3)33-43-27-21-24-20-26(31(24,5)6)32(27,7)44-33/h22-28,35H,8-21H2,1-7H3,(H,37,40)(H3,34,36,38)/t23?,24-,25-,26-,27+,28-,32-/m0/s1. The van der Waals surface area contributed by atoms with E-state index in [-0.39, 0.29) is 34.9 Å². The van der Waals surface area contributed by atoms with E-state index in [1.165, 1.54) is 51.4 Å². The molecule has 0 aromatic rings. The summed E-state index contributed by atoms with van der Waals surface area (Å²) in [6.07, 6.45) is 14.3. The summed E-state index contributed by atoms with van der Waals surface area (Å²) in [7, 11) is -0.500. The first kappa shape index (κ1) is 36.6. The third kappa shape index (κ3) is 9.79. The molecule has 1 saturated heterocycles. The van der Waals surface area contributed by atoms with Crippen LogP contribution in [0.2, 0.25) is 0 Å². The lowest BCUT2D eigenvalue weighted by Gasteiger charge is -2.64. The molecule has 252 valence electrons. The predicted molar refractivity (Wildman–Crippen MR) is 176 cm³/mol. The van der Waals surface area contributed by atoms with Crippen LogP contribution >= 0.6 is 0 Å². The second kappa shape index (κ2) is 16.6. The maximum Gasteiger partial charge on any atom is 0.481 e. The minimum Gasteiger partial charge on any atom is -0.404 e. The Morgan fingerprint density at radius 3 is 2.27 bits per heavy atom. The van der Waals surface area contributed by atoms with Crippen molar-refractivity contribution in [2.45, 2.75) is 162 Å². The Morgan fingerprint density at radius 1 is 1.05 bits per heavy atom. The Balaban J connectivity index is 1.61. The van der Waals surface area contributed by atoms with Gasteiger partial charge in [0.1, 0.15) is 0 Å². The smallest absolute Gasteiger partial charge is 0.404 e. The average molecular weight is 621 g/mol. The van der Waals surface area contributed by atoms with E-state index in [0.29, 0.717) is 30.7 Å². The Bertz CT molecular complexity index is 967. The minimum atomic E-state index is -0.737. The number of nitrogens with two attached hydrogens (primary N) is 1. The molecule has 7 atom stereocenters. The van der Waals surface area contributed by atoms with Crippen molar-refractivity contribution in [2.24, 2.45) is 33.9 Å². The highest BCUT2D eigenvalue weighted by Gasteiger charge is 2.68. The molecular weight excluding hydrogens is 559 g/mol. The van der Waals surface area contributed by atoms with E-state index in [9.17, 15) is 14.9 Å². The van der Waals surface area contributed by atoms with Gasteiger partial charge in [0.2, 0.25) is 5.91 Å². The molecule has 0 spiro atoms. The molecule has 1 heterocycles. The number of guanidine groups is 1. The summed E-state index contributed by atoms with van der Waals surface area (Å²) in [5.41, 5.74) is 7.49. The van der Waals surface area contributed by atoms with Crippen molar-refractivity contribution in [1.29, 1.82) is 0 Å². The van der Waals surface area contributed by atoms with Crippen LogP contribution in [0, 0.1) is 33.3 Å². The molecule has 1 amide bonds. The van der Waals surface area contributed by atoms with Crippen LogP contribution in [0.1, 0.15) is 132 Å². The Kier molecular flexibility index (Phi) is 13.8. The summed E-state index contributed by atoms with van der Waals surface area (Å²) in [6, 6.07) is -0.945. The highest BCUT2D eigenvalue weighted by molar-refractivity contribution is 6.47. The van der Waals surface area contributed by atoms with Gasteiger partial charge < -0.3 is 25.7 Å². The zero-order valence-corrected chi connectivity index (χ0v) is 28.5. The van der Waals surface area contributed by atoms with Gasteiger partial charge in [-0.05, 0) is 75.7 Å². The van der Waals surface area contributed by atoms with Crippen LogP contribution in [0.3, 0.4) is 0 Å². The number of rotatable bonds is 20. The number of hydrogen-bond donors (Lipinski definition) is 4. The van der Waals surface area contributed by atoms with Crippen molar-refractivity contribution in [3.8, 4) is 0 Å². The van der Waals surface area contributed by atoms with Crippen molar-refractivity contribution in [3.05, 3.63) is 10.1 Å². The second-order valence-corrected chi connectivity index (χ2v) is 14.9. The van der Waals surface area contributed by atoms with Gasteiger partial charge in [0.15, 0.2) is 5.03 Å². The van der Waals surface area contributed by atoms with Crippen LogP contribution in [-0.2, 0) is 14.1 Å². The highest BCUT2D eigenvalue weighted by atomic mass is 16.7. The monoisotopic (exact) mass is 620 g/mol. The first-order valence-electron chi connectivity index (χ1n) is 17.4. The maximum atomic E-state index is 13.9. The number of unbranched alkanes of at least 4 members (excludes halogenated alkanes) is 8. The normalized spacial score (nSPS) is 27.8. The summed E-state index contributed by atoms with van der Waals surface area (Å²) in [4.78, 5) is 28.8. The van der Waals surface area contributed by atoms with E-state index < -0.39 is 24.2 Å². The topological polar surface area (TPSA) is 153 Å². The van der Waals surface area contributed by atoms with Gasteiger partial charge in [-0.2, -0.15) is 0 Å². The van der Waals surface area contributed by atoms with Gasteiger partial charge in [0.25, 0.3) is 5.96 Å². The highest BCUT2D eigenvalue weighted by Crippen LogP contribution is 2.65. The van der Waals surface area contributed by atoms with Gasteiger partial charge in [0.05, 0.1) is 29.7 Å². The van der Waals surface area contributed by atoms with Crippen molar-refractivity contribution in [1.82, 2.24) is 16.1 Å². The molecule has 44 heavy (non-hydrogen) atoms. The molecule has 12 heteroatoms. The molecule has 1 aliphatic heterocycles. The van der Waals surface area contributed by atoms with Crippen LogP contribution in [0.4, 0.5) is 0 Å². The van der Waals surface area contributed by atoms with E-state index in [2.05, 4.69) is 57.2 Å². The van der Waals surface area contributed by atoms with E-state index in [0.717, 1.165) is 25.7 Å². The maximum absolute atomic E-state index is 13.9. The van der Waals surface area contributed by atoms with E-state index in [4.69, 9.17) is 15.0 Å². The van der Waals surface area contributed by atoms with Crippen molar-refractivity contribution in [3.63, 3.8) is 0 Å². The molecule has 4 rings (SSSR count). The van der Waals surface area contributed by atoms with Gasteiger partial charge >= 0.3 is 7.12 Å². The molecule has 4 aliphatic rings. The lowest BCUT2D eigenvalue weighted by atomic mass is 9.43. The van der Waals surface area contributed by atoms with Crippen LogP contribution < -0.4 is 21.8 Å². The third-order valence-corrected chi connectivity index (χ3v) is 10.5. The number of nitrogens with one attached hydrogen (secondary N) is 3. The number of hydrazine groups is 1. The van der Waals surface area contributed by atoms with Gasteiger partial charge in [-0.1, -0.05) is 91.4 Å². The number of aliphatic imine (C=N–C) groups is 1. The molecule has 3 saturated carbocycles. The first-order valence-corrected chi connectivity index (χ1v) is 17.4. The largest absolute Gasteiger partial charge is 0.481 e. The summed E-state index contributed by atoms with van der Waals surface area (Å²) in [5.74, 6) is 0.733. The first-order chi connectivity index (χ1) is 20.8. The molecule has 0 aromatic carbocycles. The van der Waals surface area contributed by atoms with E-state index >= 15 is 0 Å². The van der Waals surface area contributed by atoms with Gasteiger partial charge in [-0.15, -0.1) is 0 Å². The zero-order valence-electron chi connectivity index (χ0n) is 28.5. The average Bonchev–Trinajstić information content (AvgIpc) is 3.29. The number of nitrogens with zero attached hydrogens (tertiary/aromatic N) is 2. The second-order valence-electron chi connectivity index (χ2n) is 14.9. The fourth-order valence-corrected chi connectivity index (χ4v) is 7.85. The summed E-state index contributed by atoms with van der Waals surface area (Å²) < 4.78 is 13.3. The number of carbonyl (C=O) groups is 1. The van der Waals surface area contributed by atoms with Crippen molar-refractivity contribution in [2.75, 3.05) is 6.54 Å². The molecule has 0 aromatic heterocycles. The van der Waals surface area contributed by atoms with Crippen LogP contribution in [-0.4, -0.2) is 60.3 Å². The quantitative estimate of drug-likeness (QED) is 0.0364. The van der Waals surface area contributed by atoms with Crippen molar-refractivity contribution < 1.29 is 19.1 Å². The Labute approximate surface area is 266 Å². The molecule has 3 aliphatic carbocycles. The number of amides is 1. The fourth-order valence-electron chi connectivity index (χ4n) is 7.85. The van der Waals surface area contributed by atoms with Gasteiger partial charge in [0, 0.05) is 0 Å². The Hall–Kier alpha value is -1.92. The van der Waals surface area contributed by atoms with Crippen molar-refractivity contribution >= 4 is 19.0 Å². The van der Waals surface area contributed by atoms with Crippen LogP contribution in [0.5, 0.6) is 0 Å². The summed E-state index contributed by atoms with van der Waals surface area (Å²) in [5, 5.41) is 16.8. The van der Waals surface area contributed by atoms with Gasteiger partial charge in [-0.25, -0.2) is 15.1 Å². The molecule has 1 unspecified atom stereocenters. The number of carbonyl (C=O) groups excluding carboxylic acids is 1. The lowest BCUT2D eigenvalue weighted by Crippen LogP contribution is -2.65. The third-order valence-electron chi connectivity index (χ3n) is 10.5. The molecule has 0 radical (unpaired) electrons. The zero-order chi connectivity index (χ0) is 32.5. The SMILES string of the molecule is CCCCCCCCCCCN[C@@H](CC(C)N=C(N)N[N+](=O)[O-])C(=O)N[C@@H](CC(C)C)B1O[C@@H]2C[C@@H]3C[C@@H](C3(C)C)[C@]2(C)O1. The lowest BCUT2D eigenvalue weighted by molar-refractivity contribution is -0.525. The molecule has 11 nitrogen and oxygen atoms in total. The number of nitro groups is 1. The Morgan fingerprint density at radius 2 is 1.68 bits per heavy atom. The number of hydrogen-bond acceptors (Lipinski definition) is 7. The van der Waals surface area contributed by atoms with E-state index in [1.807, 2.05) is 12.3 Å². The molecular formula is C32H61BN6O5. The van der Waals surface area contributed by atoms with E-state index in [1.54, 1.807) is 0 Å². The minimum absolute atomic E-state index is 0.0443. The predicted octanol–water partition coefficient (Wildman–Crippen LogP) is 5.15. The molecule has 5 N–H and O–H groups in total. The summed E-state index contributed by atoms with van der Waals surface area (Å²) in [6.45, 7) is 15.9. The molecule has 2 bridgehead atoms. The van der Waals surface area contributed by atoms with Gasteiger partial charge in [-0.3, -0.25) is 4.79 Å². The summed E-state index contributed by atoms with van der Waals surface area (Å²) >= 11 is 0. The van der Waals surface area contributed by atoms with Crippen LogP contribution in [0.15, 0.2) is 4.99 Å². The molecule has 4 fully saturated rings. The van der Waals surface area contributed by atoms with Crippen LogP contribution in [0.25, 0.3) is 0 Å². The fraction of sp³-hybridized carbons (Fsp3) is 0.938.